The molecule has 0 bridgehead atoms. The topological polar surface area (TPSA) is 104 Å². The van der Waals surface area contributed by atoms with Crippen LogP contribution in [0.2, 0.25) is 0 Å². The second-order valence-corrected chi connectivity index (χ2v) is 8.25. The Hall–Kier alpha value is -1.15. The van der Waals surface area contributed by atoms with Crippen LogP contribution in [0.1, 0.15) is 39.0 Å². The number of carbonyl (C=O) groups excluding carboxylic acids is 1. The molecule has 126 valence electrons. The van der Waals surface area contributed by atoms with Gasteiger partial charge in [0.05, 0.1) is 5.92 Å². The number of carbonyl (C=O) groups is 2. The number of hydrogen-bond donors (Lipinski definition) is 2. The van der Waals surface area contributed by atoms with Crippen LogP contribution in [0.5, 0.6) is 0 Å². The number of carboxylic acid groups (broad SMARTS) is 1. The molecule has 7 nitrogen and oxygen atoms in total. The molecule has 8 heteroatoms. The minimum Gasteiger partial charge on any atom is -0.481 e. The first-order valence-electron chi connectivity index (χ1n) is 7.77. The van der Waals surface area contributed by atoms with E-state index in [1.807, 2.05) is 0 Å². The highest BCUT2D eigenvalue weighted by Crippen LogP contribution is 2.24. The van der Waals surface area contributed by atoms with Crippen LogP contribution in [0.15, 0.2) is 0 Å². The Morgan fingerprint density at radius 1 is 1.18 bits per heavy atom. The average molecular weight is 332 g/mol. The van der Waals surface area contributed by atoms with Crippen molar-refractivity contribution in [2.45, 2.75) is 45.1 Å². The van der Waals surface area contributed by atoms with Gasteiger partial charge in [-0.1, -0.05) is 6.92 Å². The van der Waals surface area contributed by atoms with Crippen molar-refractivity contribution in [1.82, 2.24) is 9.62 Å². The first-order valence-corrected chi connectivity index (χ1v) is 9.42. The quantitative estimate of drug-likeness (QED) is 0.759. The van der Waals surface area contributed by atoms with Crippen molar-refractivity contribution in [2.24, 2.45) is 11.8 Å². The number of nitrogens with zero attached hydrogens (tertiary/aromatic N) is 1. The number of nitrogens with one attached hydrogen (secondary N) is 1. The van der Waals surface area contributed by atoms with Gasteiger partial charge in [-0.15, -0.1) is 0 Å². The predicted octanol–water partition coefficient (Wildman–Crippen LogP) is 0.418. The van der Waals surface area contributed by atoms with E-state index < -0.39 is 33.6 Å². The molecule has 1 atom stereocenters. The van der Waals surface area contributed by atoms with Gasteiger partial charge in [0, 0.05) is 19.1 Å². The van der Waals surface area contributed by atoms with Gasteiger partial charge in [-0.2, -0.15) is 0 Å². The molecule has 0 unspecified atom stereocenters. The lowest BCUT2D eigenvalue weighted by Gasteiger charge is -2.27. The minimum atomic E-state index is -3.66. The zero-order chi connectivity index (χ0) is 16.3. The number of aliphatic carboxylic acids is 1. The van der Waals surface area contributed by atoms with E-state index in [4.69, 9.17) is 5.11 Å². The first kappa shape index (κ1) is 17.2. The second kappa shape index (κ2) is 6.95. The summed E-state index contributed by atoms with van der Waals surface area (Å²) < 4.78 is 26.8. The zero-order valence-electron chi connectivity index (χ0n) is 12.8. The molecule has 2 rings (SSSR count). The van der Waals surface area contributed by atoms with E-state index in [1.54, 1.807) is 0 Å². The van der Waals surface area contributed by atoms with Gasteiger partial charge in [0.15, 0.2) is 0 Å². The van der Waals surface area contributed by atoms with Crippen LogP contribution in [0.25, 0.3) is 0 Å². The molecule has 0 aromatic heterocycles. The van der Waals surface area contributed by atoms with Gasteiger partial charge in [0.1, 0.15) is 5.75 Å². The van der Waals surface area contributed by atoms with Crippen molar-refractivity contribution >= 4 is 21.9 Å². The monoisotopic (exact) mass is 332 g/mol. The van der Waals surface area contributed by atoms with Crippen molar-refractivity contribution in [3.05, 3.63) is 0 Å². The number of amides is 1. The molecule has 0 spiro atoms. The molecular formula is C14H24N2O5S. The maximum Gasteiger partial charge on any atom is 0.308 e. The zero-order valence-corrected chi connectivity index (χ0v) is 13.6. The summed E-state index contributed by atoms with van der Waals surface area (Å²) in [6.07, 6.45) is 3.98. The van der Waals surface area contributed by atoms with Crippen molar-refractivity contribution in [1.29, 1.82) is 0 Å². The molecule has 2 N–H and O–H groups in total. The first-order chi connectivity index (χ1) is 10.3. The summed E-state index contributed by atoms with van der Waals surface area (Å²) in [5, 5.41) is 8.91. The van der Waals surface area contributed by atoms with E-state index in [-0.39, 0.29) is 12.6 Å². The number of carboxylic acids is 1. The summed E-state index contributed by atoms with van der Waals surface area (Å²) in [5.74, 6) is -2.00. The lowest BCUT2D eigenvalue weighted by Crippen LogP contribution is -2.43. The van der Waals surface area contributed by atoms with Gasteiger partial charge in [0.2, 0.25) is 15.9 Å². The highest BCUT2D eigenvalue weighted by Gasteiger charge is 2.33. The summed E-state index contributed by atoms with van der Waals surface area (Å²) in [6, 6.07) is -0.0839. The lowest BCUT2D eigenvalue weighted by atomic mass is 9.88. The van der Waals surface area contributed by atoms with Crippen LogP contribution < -0.4 is 4.72 Å². The van der Waals surface area contributed by atoms with Crippen LogP contribution >= 0.6 is 0 Å². The predicted molar refractivity (Wildman–Crippen MR) is 80.7 cm³/mol. The fourth-order valence-electron chi connectivity index (χ4n) is 3.12. The van der Waals surface area contributed by atoms with E-state index >= 15 is 0 Å². The largest absolute Gasteiger partial charge is 0.481 e. The molecule has 1 saturated heterocycles. The Morgan fingerprint density at radius 2 is 1.82 bits per heavy atom. The van der Waals surface area contributed by atoms with Gasteiger partial charge in [-0.3, -0.25) is 9.59 Å². The molecule has 0 radical (unpaired) electrons. The Bertz CT molecular complexity index is 525. The molecule has 1 heterocycles. The summed E-state index contributed by atoms with van der Waals surface area (Å²) in [7, 11) is -3.66. The van der Waals surface area contributed by atoms with Crippen LogP contribution in [0.3, 0.4) is 0 Å². The van der Waals surface area contributed by atoms with E-state index in [1.165, 1.54) is 4.90 Å². The second-order valence-electron chi connectivity index (χ2n) is 6.50. The molecular weight excluding hydrogens is 308 g/mol. The van der Waals surface area contributed by atoms with Gasteiger partial charge in [-0.05, 0) is 38.0 Å². The van der Waals surface area contributed by atoms with Gasteiger partial charge in [0.25, 0.3) is 0 Å². The third kappa shape index (κ3) is 4.67. The van der Waals surface area contributed by atoms with Crippen LogP contribution in [-0.2, 0) is 19.6 Å². The molecule has 1 saturated carbocycles. The number of likely N-dealkylation sites (tertiary alicyclic amines) is 1. The summed E-state index contributed by atoms with van der Waals surface area (Å²) >= 11 is 0. The number of sulfonamides is 1. The SMILES string of the molecule is CC1CCC(NS(=O)(=O)CC(=O)N2CC[C@H](C(=O)O)C2)CC1. The normalized spacial score (nSPS) is 29.5. The highest BCUT2D eigenvalue weighted by atomic mass is 32.2. The third-order valence-electron chi connectivity index (χ3n) is 4.57. The van der Waals surface area contributed by atoms with E-state index in [9.17, 15) is 18.0 Å². The number of hydrogen-bond acceptors (Lipinski definition) is 4. The summed E-state index contributed by atoms with van der Waals surface area (Å²) in [5.41, 5.74) is 0. The maximum atomic E-state index is 12.1. The molecule has 0 aromatic carbocycles. The average Bonchev–Trinajstić information content (AvgIpc) is 2.90. The lowest BCUT2D eigenvalue weighted by molar-refractivity contribution is -0.141. The minimum absolute atomic E-state index is 0.0839. The molecule has 0 aromatic rings. The van der Waals surface area contributed by atoms with E-state index in [0.29, 0.717) is 18.9 Å². The van der Waals surface area contributed by atoms with Crippen LogP contribution in [0.4, 0.5) is 0 Å². The van der Waals surface area contributed by atoms with Gasteiger partial charge < -0.3 is 10.0 Å². The van der Waals surface area contributed by atoms with Crippen molar-refractivity contribution in [3.63, 3.8) is 0 Å². The molecule has 1 aliphatic carbocycles. The molecule has 22 heavy (non-hydrogen) atoms. The van der Waals surface area contributed by atoms with Gasteiger partial charge in [-0.25, -0.2) is 13.1 Å². The van der Waals surface area contributed by atoms with E-state index in [0.717, 1.165) is 25.7 Å². The smallest absolute Gasteiger partial charge is 0.308 e. The maximum absolute atomic E-state index is 12.1. The highest BCUT2D eigenvalue weighted by molar-refractivity contribution is 7.90. The fraction of sp³-hybridized carbons (Fsp3) is 0.857. The standard InChI is InChI=1S/C14H24N2O5S/c1-10-2-4-12(5-3-10)15-22(20,21)9-13(17)16-7-6-11(8-16)14(18)19/h10-12,15H,2-9H2,1H3,(H,18,19)/t10?,11-,12?/m0/s1. The van der Waals surface area contributed by atoms with Gasteiger partial charge >= 0.3 is 5.97 Å². The molecule has 1 aliphatic heterocycles. The Labute approximate surface area is 131 Å². The third-order valence-corrected chi connectivity index (χ3v) is 5.89. The van der Waals surface area contributed by atoms with Crippen molar-refractivity contribution in [3.8, 4) is 0 Å². The van der Waals surface area contributed by atoms with Crippen LogP contribution in [-0.4, -0.2) is 55.2 Å². The number of rotatable bonds is 5. The van der Waals surface area contributed by atoms with Crippen molar-refractivity contribution in [2.75, 3.05) is 18.8 Å². The Kier molecular flexibility index (Phi) is 5.44. The summed E-state index contributed by atoms with van der Waals surface area (Å²) in [4.78, 5) is 24.2. The Morgan fingerprint density at radius 3 is 2.36 bits per heavy atom. The van der Waals surface area contributed by atoms with E-state index in [2.05, 4.69) is 11.6 Å². The molecule has 2 aliphatic rings. The summed E-state index contributed by atoms with van der Waals surface area (Å²) in [6.45, 7) is 2.57. The van der Waals surface area contributed by atoms with Crippen molar-refractivity contribution < 1.29 is 23.1 Å². The molecule has 1 amide bonds. The fourth-order valence-corrected chi connectivity index (χ4v) is 4.45. The van der Waals surface area contributed by atoms with Crippen LogP contribution in [0, 0.1) is 11.8 Å². The molecule has 2 fully saturated rings. The Balaban J connectivity index is 1.84.